The number of nitrogens with two attached hydrogens (primary N) is 1. The van der Waals surface area contributed by atoms with Crippen LogP contribution in [0.5, 0.6) is 11.5 Å². The van der Waals surface area contributed by atoms with Crippen molar-refractivity contribution in [1.29, 1.82) is 0 Å². The number of rotatable bonds is 8. The topological polar surface area (TPSA) is 292 Å². The van der Waals surface area contributed by atoms with Gasteiger partial charge in [0.25, 0.3) is 0 Å². The quantitative estimate of drug-likeness (QED) is 0.0689. The highest BCUT2D eigenvalue weighted by Crippen LogP contribution is 2.52. The number of aldehydes is 1. The highest BCUT2D eigenvalue weighted by molar-refractivity contribution is 6.29. The third-order valence-electron chi connectivity index (χ3n) is 12.9. The van der Waals surface area contributed by atoms with Gasteiger partial charge < -0.3 is 64.6 Å². The summed E-state index contributed by atoms with van der Waals surface area (Å²) in [5, 5.41) is 76.7. The number of hydrogen-bond acceptors (Lipinski definition) is 18. The van der Waals surface area contributed by atoms with Crippen LogP contribution in [-0.4, -0.2) is 142 Å². The lowest BCUT2D eigenvalue weighted by Crippen LogP contribution is -2.70. The van der Waals surface area contributed by atoms with E-state index >= 15 is 0 Å². The third kappa shape index (κ3) is 7.63. The number of carbonyl (C=O) groups excluding carboxylic acids is 4. The molecule has 3 aromatic carbocycles. The number of anilines is 1. The molecule has 3 aromatic rings. The number of benzene rings is 3. The van der Waals surface area contributed by atoms with Gasteiger partial charge in [0, 0.05) is 46.7 Å². The smallest absolute Gasteiger partial charge is 0.242 e. The first kappa shape index (κ1) is 43.9. The van der Waals surface area contributed by atoms with Crippen LogP contribution in [0.25, 0.3) is 0 Å². The van der Waals surface area contributed by atoms with Crippen LogP contribution in [0.1, 0.15) is 80.1 Å². The van der Waals surface area contributed by atoms with Crippen LogP contribution in [-0.2, 0) is 25.7 Å². The normalized spacial score (nSPS) is 32.5. The molecular weight excluding hydrogens is 835 g/mol. The molecule has 0 radical (unpaired) electrons. The van der Waals surface area contributed by atoms with Gasteiger partial charge in [-0.3, -0.25) is 30.8 Å². The Balaban J connectivity index is 1.33. The summed E-state index contributed by atoms with van der Waals surface area (Å²) in [7, 11) is 0. The Morgan fingerprint density at radius 2 is 1.83 bits per heavy atom. The zero-order valence-corrected chi connectivity index (χ0v) is 34.4. The van der Waals surface area contributed by atoms with Crippen LogP contribution < -0.4 is 36.1 Å². The number of aliphatic hydroxyl groups is 6. The Hall–Kier alpha value is -5.34. The van der Waals surface area contributed by atoms with Crippen molar-refractivity contribution >= 4 is 29.4 Å². The van der Waals surface area contributed by atoms with E-state index in [4.69, 9.17) is 24.7 Å². The molecule has 11 N–H and O–H groups in total. The largest absolute Gasteiger partial charge is 0.486 e. The first-order chi connectivity index (χ1) is 30.8. The summed E-state index contributed by atoms with van der Waals surface area (Å²) in [4.78, 5) is 56.2. The van der Waals surface area contributed by atoms with Gasteiger partial charge in [-0.1, -0.05) is 36.1 Å². The van der Waals surface area contributed by atoms with Crippen LogP contribution in [0.15, 0.2) is 48.5 Å². The Bertz CT molecular complexity index is 2420. The van der Waals surface area contributed by atoms with Crippen LogP contribution >= 0.6 is 0 Å². The molecular formula is C45H49N5O14. The van der Waals surface area contributed by atoms with E-state index in [1.54, 1.807) is 6.07 Å². The summed E-state index contributed by atoms with van der Waals surface area (Å²) >= 11 is 0. The molecule has 0 spiro atoms. The van der Waals surface area contributed by atoms with Crippen molar-refractivity contribution in [3.05, 3.63) is 87.5 Å². The van der Waals surface area contributed by atoms with Crippen LogP contribution in [0, 0.1) is 17.8 Å². The van der Waals surface area contributed by atoms with E-state index in [1.807, 2.05) is 23.1 Å². The van der Waals surface area contributed by atoms with E-state index in [0.717, 1.165) is 0 Å². The van der Waals surface area contributed by atoms with Gasteiger partial charge >= 0.3 is 0 Å². The maximum atomic E-state index is 14.8. The average Bonchev–Trinajstić information content (AvgIpc) is 3.70. The molecule has 5 aliphatic heterocycles. The van der Waals surface area contributed by atoms with Crippen molar-refractivity contribution in [2.24, 2.45) is 11.7 Å². The highest BCUT2D eigenvalue weighted by atomic mass is 16.7. The van der Waals surface area contributed by atoms with Crippen molar-refractivity contribution in [3.63, 3.8) is 0 Å². The predicted molar refractivity (Wildman–Crippen MR) is 222 cm³/mol. The van der Waals surface area contributed by atoms with Gasteiger partial charge in [0.15, 0.2) is 28.7 Å². The zero-order chi connectivity index (χ0) is 45.0. The molecule has 0 aromatic heterocycles. The van der Waals surface area contributed by atoms with Gasteiger partial charge in [0.1, 0.15) is 49.7 Å². The fourth-order valence-electron chi connectivity index (χ4n) is 9.64. The predicted octanol–water partition coefficient (Wildman–Crippen LogP) is -1.81. The Labute approximate surface area is 366 Å². The van der Waals surface area contributed by atoms with Crippen LogP contribution in [0.3, 0.4) is 0 Å². The molecule has 1 aliphatic carbocycles. The second kappa shape index (κ2) is 17.6. The molecule has 338 valence electrons. The number of carbonyl (C=O) groups is 4. The summed E-state index contributed by atoms with van der Waals surface area (Å²) in [6.07, 6.45) is -10.8. The van der Waals surface area contributed by atoms with Gasteiger partial charge in [-0.25, -0.2) is 0 Å². The van der Waals surface area contributed by atoms with Crippen molar-refractivity contribution in [2.75, 3.05) is 31.4 Å². The number of hydrogen-bond donors (Lipinski definition) is 10. The number of nitrogens with zero attached hydrogens (tertiary/aromatic N) is 1. The van der Waals surface area contributed by atoms with Crippen molar-refractivity contribution < 1.29 is 68.8 Å². The SMILES string of the molecule is N[C@H]1NC(=O)[C@H]2NCN(c3ccccc3[C@H]3c4cc5c(c(OC[C@H](O)CC=O)c4O[C@H]4O[C@H]6COC[C@@H]3CC[C@@H](O)CC#C[C@@]6(O)[C@@H](O)[C@@H]4O)C(=O)c3cc(CO)ccc3C5=O)[C@@H]2N1. The number of ether oxygens (including phenoxy) is 4. The molecule has 0 saturated carbocycles. The summed E-state index contributed by atoms with van der Waals surface area (Å²) in [5.74, 6) is 1.60. The monoisotopic (exact) mass is 883 g/mol. The summed E-state index contributed by atoms with van der Waals surface area (Å²) < 4.78 is 25.6. The summed E-state index contributed by atoms with van der Waals surface area (Å²) in [6, 6.07) is 12.4. The number of nitrogens with one attached hydrogen (secondary N) is 3. The molecule has 3 fully saturated rings. The minimum absolute atomic E-state index is 0.0426. The second-order valence-corrected chi connectivity index (χ2v) is 17.0. The molecule has 3 bridgehead atoms. The zero-order valence-electron chi connectivity index (χ0n) is 34.4. The minimum atomic E-state index is -2.42. The molecule has 0 unspecified atom stereocenters. The van der Waals surface area contributed by atoms with E-state index in [-0.39, 0.29) is 90.8 Å². The summed E-state index contributed by atoms with van der Waals surface area (Å²) in [6.45, 7) is -1.28. The maximum absolute atomic E-state index is 14.8. The molecule has 64 heavy (non-hydrogen) atoms. The lowest BCUT2D eigenvalue weighted by molar-refractivity contribution is -0.299. The van der Waals surface area contributed by atoms with E-state index in [0.29, 0.717) is 23.1 Å². The molecule has 12 atom stereocenters. The average molecular weight is 884 g/mol. The van der Waals surface area contributed by atoms with Gasteiger partial charge in [-0.2, -0.15) is 0 Å². The molecule has 5 heterocycles. The number of para-hydroxylation sites is 1. The fraction of sp³-hybridized carbons (Fsp3) is 0.467. The van der Waals surface area contributed by atoms with Crippen molar-refractivity contribution in [2.45, 2.75) is 99.1 Å². The first-order valence-corrected chi connectivity index (χ1v) is 21.2. The Morgan fingerprint density at radius 3 is 2.62 bits per heavy atom. The van der Waals surface area contributed by atoms with E-state index in [1.165, 1.54) is 24.3 Å². The van der Waals surface area contributed by atoms with Crippen LogP contribution in [0.4, 0.5) is 5.69 Å². The third-order valence-corrected chi connectivity index (χ3v) is 12.9. The lowest BCUT2D eigenvalue weighted by atomic mass is 9.74. The van der Waals surface area contributed by atoms with Gasteiger partial charge in [-0.05, 0) is 54.2 Å². The van der Waals surface area contributed by atoms with Crippen LogP contribution in [0.2, 0.25) is 0 Å². The van der Waals surface area contributed by atoms with Gasteiger partial charge in [0.2, 0.25) is 12.2 Å². The number of aliphatic hydroxyl groups excluding tert-OH is 5. The van der Waals surface area contributed by atoms with Crippen molar-refractivity contribution in [1.82, 2.24) is 16.0 Å². The van der Waals surface area contributed by atoms with E-state index in [9.17, 15) is 49.8 Å². The fourth-order valence-corrected chi connectivity index (χ4v) is 9.64. The molecule has 19 nitrogen and oxygen atoms in total. The van der Waals surface area contributed by atoms with E-state index < -0.39 is 97.5 Å². The summed E-state index contributed by atoms with van der Waals surface area (Å²) in [5.41, 5.74) is 5.14. The molecule has 3 saturated heterocycles. The molecule has 6 aliphatic rings. The first-order valence-electron chi connectivity index (χ1n) is 21.2. The number of ketones is 2. The standard InChI is InChI=1S/C45H49N5O14/c46-44-48-41-34(42(59)49-44)47-20-50(41)30-6-2-1-5-26(30)32-22-8-9-23(53)4-3-12-45(60)31(19-61-17-22)63-43(37(57)40(45)58)64-38-29(32)15-28-33(39(38)62-18-24(54)11-13-51)36(56)27-14-21(16-52)7-10-25(27)35(28)55/h1-2,5-7,10,13-15,22-24,31-32,34,37,40-41,43-44,47-48,52-54,57-58,60H,4,8-9,11,16-20,46H2,(H,49,59)/t22-,23-,24+,31-,32-,34-,37-,40-,41-,43+,44+,45-/m0/s1. The lowest BCUT2D eigenvalue weighted by Gasteiger charge is -2.45. The van der Waals surface area contributed by atoms with Crippen molar-refractivity contribution in [3.8, 4) is 23.3 Å². The highest BCUT2D eigenvalue weighted by Gasteiger charge is 2.56. The number of amides is 1. The number of fused-ring (bicyclic) bond motifs is 8. The Morgan fingerprint density at radius 1 is 1.02 bits per heavy atom. The Kier molecular flexibility index (Phi) is 12.0. The van der Waals surface area contributed by atoms with Gasteiger partial charge in [-0.15, -0.1) is 0 Å². The maximum Gasteiger partial charge on any atom is 0.242 e. The molecule has 19 heteroatoms. The van der Waals surface area contributed by atoms with E-state index in [2.05, 4.69) is 27.8 Å². The second-order valence-electron chi connectivity index (χ2n) is 17.0. The minimum Gasteiger partial charge on any atom is -0.486 e. The molecule has 9 rings (SSSR count). The molecule has 1 amide bonds. The van der Waals surface area contributed by atoms with Gasteiger partial charge in [0.05, 0.1) is 44.3 Å².